The van der Waals surface area contributed by atoms with Gasteiger partial charge in [0.25, 0.3) is 0 Å². The van der Waals surface area contributed by atoms with Gasteiger partial charge in [0.05, 0.1) is 20.1 Å². The van der Waals surface area contributed by atoms with Crippen LogP contribution in [0.15, 0.2) is 11.8 Å². The van der Waals surface area contributed by atoms with Gasteiger partial charge in [-0.15, -0.1) is 0 Å². The molecule has 2 saturated carbocycles. The van der Waals surface area contributed by atoms with Crippen molar-refractivity contribution < 1.29 is 19.1 Å². The molecule has 0 amide bonds. The average Bonchev–Trinajstić information content (AvgIpc) is 3.01. The number of ketones is 1. The zero-order valence-electron chi connectivity index (χ0n) is 17.3. The van der Waals surface area contributed by atoms with Crippen molar-refractivity contribution in [1.82, 2.24) is 0 Å². The van der Waals surface area contributed by atoms with Crippen LogP contribution >= 0.6 is 0 Å². The van der Waals surface area contributed by atoms with Crippen molar-refractivity contribution in [3.8, 4) is 0 Å². The summed E-state index contributed by atoms with van der Waals surface area (Å²) < 4.78 is 10.8. The molecule has 0 heterocycles. The van der Waals surface area contributed by atoms with E-state index >= 15 is 0 Å². The second-order valence-corrected chi connectivity index (χ2v) is 9.25. The van der Waals surface area contributed by atoms with Crippen LogP contribution in [-0.2, 0) is 19.1 Å². The monoisotopic (exact) mass is 377 g/mol. The number of ether oxygens (including phenoxy) is 2. The molecule has 0 saturated heterocycles. The predicted molar refractivity (Wildman–Crippen MR) is 104 cm³/mol. The molecule has 3 rings (SSSR count). The maximum atomic E-state index is 12.4. The number of rotatable bonds is 5. The van der Waals surface area contributed by atoms with Gasteiger partial charge in [-0.2, -0.15) is 0 Å². The molecule has 3 aliphatic carbocycles. The van der Waals surface area contributed by atoms with Gasteiger partial charge in [0, 0.05) is 17.9 Å². The first-order chi connectivity index (χ1) is 12.8. The Balaban J connectivity index is 1.94. The predicted octanol–water partition coefficient (Wildman–Crippen LogP) is 3.47. The van der Waals surface area contributed by atoms with Crippen LogP contribution < -0.4 is 5.73 Å². The minimum Gasteiger partial charge on any atom is -0.500 e. The Bertz CT molecular complexity index is 630. The first-order valence-corrected chi connectivity index (χ1v) is 10.4. The van der Waals surface area contributed by atoms with Crippen LogP contribution in [0.3, 0.4) is 0 Å². The molecule has 0 unspecified atom stereocenters. The Hall–Kier alpha value is -1.36. The van der Waals surface area contributed by atoms with Crippen molar-refractivity contribution in [3.63, 3.8) is 0 Å². The summed E-state index contributed by atoms with van der Waals surface area (Å²) in [6, 6.07) is 0. The van der Waals surface area contributed by atoms with Gasteiger partial charge in [0.15, 0.2) is 5.78 Å². The Morgan fingerprint density at radius 3 is 2.56 bits per heavy atom. The fourth-order valence-corrected chi connectivity index (χ4v) is 6.75. The Labute approximate surface area is 163 Å². The van der Waals surface area contributed by atoms with Crippen LogP contribution in [0, 0.1) is 34.5 Å². The van der Waals surface area contributed by atoms with Gasteiger partial charge in [-0.1, -0.05) is 13.8 Å². The molecule has 152 valence electrons. The smallest absolute Gasteiger partial charge is 0.309 e. The number of carbonyl (C=O) groups is 2. The van der Waals surface area contributed by atoms with Gasteiger partial charge >= 0.3 is 5.97 Å². The first kappa shape index (κ1) is 20.4. The molecule has 2 N–H and O–H groups in total. The number of fused-ring (bicyclic) bond motifs is 1. The third kappa shape index (κ3) is 3.22. The lowest BCUT2D eigenvalue weighted by Gasteiger charge is -2.54. The average molecular weight is 378 g/mol. The van der Waals surface area contributed by atoms with Gasteiger partial charge in [0.1, 0.15) is 5.76 Å². The normalized spacial score (nSPS) is 41.7. The first-order valence-electron chi connectivity index (χ1n) is 10.4. The van der Waals surface area contributed by atoms with Gasteiger partial charge in [-0.3, -0.25) is 9.59 Å². The van der Waals surface area contributed by atoms with E-state index in [1.54, 1.807) is 13.2 Å². The number of carbonyl (C=O) groups excluding carboxylic acids is 2. The second kappa shape index (κ2) is 7.57. The molecule has 0 aromatic heterocycles. The number of methoxy groups -OCH3 is 2. The van der Waals surface area contributed by atoms with E-state index in [4.69, 9.17) is 15.2 Å². The lowest BCUT2D eigenvalue weighted by Crippen LogP contribution is -2.49. The molecule has 2 fully saturated rings. The summed E-state index contributed by atoms with van der Waals surface area (Å²) in [5, 5.41) is 0. The number of nitrogens with two attached hydrogens (primary N) is 1. The summed E-state index contributed by atoms with van der Waals surface area (Å²) in [6.45, 7) is 5.20. The molecule has 3 aliphatic rings. The Morgan fingerprint density at radius 2 is 1.93 bits per heavy atom. The fraction of sp³-hybridized carbons (Fsp3) is 0.818. The van der Waals surface area contributed by atoms with E-state index in [0.29, 0.717) is 30.7 Å². The minimum atomic E-state index is -0.132. The molecule has 0 aromatic rings. The molecule has 6 atom stereocenters. The topological polar surface area (TPSA) is 78.6 Å². The van der Waals surface area contributed by atoms with E-state index in [-0.39, 0.29) is 28.5 Å². The van der Waals surface area contributed by atoms with Gasteiger partial charge in [0.2, 0.25) is 0 Å². The SMILES string of the molecule is COC(=O)[C@H]1CC[C@H]2[C@H](CCN)[C@@H]([C@@]3(C)CCC(=O)C=C3OC)CC[C@]12C. The lowest BCUT2D eigenvalue weighted by atomic mass is 9.51. The Morgan fingerprint density at radius 1 is 1.19 bits per heavy atom. The summed E-state index contributed by atoms with van der Waals surface area (Å²) in [5.41, 5.74) is 5.89. The van der Waals surface area contributed by atoms with Crippen molar-refractivity contribution >= 4 is 11.8 Å². The molecular weight excluding hydrogens is 342 g/mol. The number of hydrogen-bond donors (Lipinski definition) is 1. The van der Waals surface area contributed by atoms with E-state index in [9.17, 15) is 9.59 Å². The summed E-state index contributed by atoms with van der Waals surface area (Å²) in [7, 11) is 3.17. The van der Waals surface area contributed by atoms with E-state index in [2.05, 4.69) is 13.8 Å². The molecule has 0 spiro atoms. The third-order valence-corrected chi connectivity index (χ3v) is 8.21. The molecular formula is C22H35NO4. The summed E-state index contributed by atoms with van der Waals surface area (Å²) in [4.78, 5) is 24.4. The van der Waals surface area contributed by atoms with Crippen molar-refractivity contribution in [2.75, 3.05) is 20.8 Å². The highest BCUT2D eigenvalue weighted by molar-refractivity contribution is 5.91. The van der Waals surface area contributed by atoms with E-state index in [1.807, 2.05) is 0 Å². The van der Waals surface area contributed by atoms with Crippen LogP contribution in [0.4, 0.5) is 0 Å². The van der Waals surface area contributed by atoms with Gasteiger partial charge in [-0.25, -0.2) is 0 Å². The van der Waals surface area contributed by atoms with Crippen molar-refractivity contribution in [2.45, 2.75) is 58.8 Å². The number of hydrogen-bond acceptors (Lipinski definition) is 5. The highest BCUT2D eigenvalue weighted by Gasteiger charge is 2.59. The van der Waals surface area contributed by atoms with E-state index in [1.165, 1.54) is 7.11 Å². The van der Waals surface area contributed by atoms with Crippen LogP contribution in [0.5, 0.6) is 0 Å². The number of allylic oxidation sites excluding steroid dienone is 2. The number of esters is 1. The molecule has 27 heavy (non-hydrogen) atoms. The van der Waals surface area contributed by atoms with Crippen molar-refractivity contribution in [2.24, 2.45) is 40.2 Å². The highest BCUT2D eigenvalue weighted by Crippen LogP contribution is 2.64. The molecule has 0 radical (unpaired) electrons. The third-order valence-electron chi connectivity index (χ3n) is 8.21. The summed E-state index contributed by atoms with van der Waals surface area (Å²) >= 11 is 0. The molecule has 0 bridgehead atoms. The molecule has 0 aromatic carbocycles. The van der Waals surface area contributed by atoms with Crippen LogP contribution in [-0.4, -0.2) is 32.5 Å². The van der Waals surface area contributed by atoms with Crippen LogP contribution in [0.1, 0.15) is 58.8 Å². The van der Waals surface area contributed by atoms with Crippen LogP contribution in [0.25, 0.3) is 0 Å². The molecule has 0 aliphatic heterocycles. The lowest BCUT2D eigenvalue weighted by molar-refractivity contribution is -0.152. The second-order valence-electron chi connectivity index (χ2n) is 9.25. The zero-order valence-corrected chi connectivity index (χ0v) is 17.3. The van der Waals surface area contributed by atoms with E-state index in [0.717, 1.165) is 44.3 Å². The maximum Gasteiger partial charge on any atom is 0.309 e. The van der Waals surface area contributed by atoms with Gasteiger partial charge in [-0.05, 0) is 68.2 Å². The van der Waals surface area contributed by atoms with E-state index < -0.39 is 0 Å². The largest absolute Gasteiger partial charge is 0.500 e. The molecule has 5 heteroatoms. The summed E-state index contributed by atoms with van der Waals surface area (Å²) in [5.74, 6) is 2.26. The van der Waals surface area contributed by atoms with Crippen molar-refractivity contribution in [3.05, 3.63) is 11.8 Å². The summed E-state index contributed by atoms with van der Waals surface area (Å²) in [6.07, 6.45) is 8.10. The Kier molecular flexibility index (Phi) is 5.72. The zero-order chi connectivity index (χ0) is 19.8. The van der Waals surface area contributed by atoms with Crippen molar-refractivity contribution in [1.29, 1.82) is 0 Å². The minimum absolute atomic E-state index is 0.00750. The van der Waals surface area contributed by atoms with Crippen LogP contribution in [0.2, 0.25) is 0 Å². The fourth-order valence-electron chi connectivity index (χ4n) is 6.75. The maximum absolute atomic E-state index is 12.4. The molecule has 5 nitrogen and oxygen atoms in total. The standard InChI is InChI=1S/C22H35NO4/c1-21-11-8-17(22(2)10-7-14(24)13-19(22)26-3)15(9-12-23)16(21)5-6-18(21)20(25)27-4/h13,15-18H,5-12,23H2,1-4H3/t15-,16-,17-,18+,21-,22+/m0/s1. The quantitative estimate of drug-likeness (QED) is 0.742. The highest BCUT2D eigenvalue weighted by atomic mass is 16.5. The van der Waals surface area contributed by atoms with Gasteiger partial charge < -0.3 is 15.2 Å².